The molecule has 0 bridgehead atoms. The molecular weight excluding hydrogens is 324 g/mol. The summed E-state index contributed by atoms with van der Waals surface area (Å²) in [6.45, 7) is 2.86. The van der Waals surface area contributed by atoms with E-state index in [0.717, 1.165) is 5.56 Å². The third-order valence-electron chi connectivity index (χ3n) is 3.16. The second-order valence-electron chi connectivity index (χ2n) is 4.61. The van der Waals surface area contributed by atoms with Crippen molar-refractivity contribution < 1.29 is 9.53 Å². The van der Waals surface area contributed by atoms with Gasteiger partial charge in [0.1, 0.15) is 18.0 Å². The lowest BCUT2D eigenvalue weighted by Crippen LogP contribution is -2.39. The minimum absolute atomic E-state index is 0.117. The molecule has 0 spiro atoms. The maximum absolute atomic E-state index is 12.7. The van der Waals surface area contributed by atoms with Crippen molar-refractivity contribution in [2.75, 3.05) is 18.1 Å². The summed E-state index contributed by atoms with van der Waals surface area (Å²) < 4.78 is 7.74. The third-order valence-corrected chi connectivity index (χ3v) is 3.74. The summed E-state index contributed by atoms with van der Waals surface area (Å²) in [5.41, 5.74) is 2.20. The number of anilines is 1. The summed E-state index contributed by atoms with van der Waals surface area (Å²) >= 11 is 3.36. The predicted molar refractivity (Wildman–Crippen MR) is 77.1 cm³/mol. The Kier molecular flexibility index (Phi) is 3.21. The summed E-state index contributed by atoms with van der Waals surface area (Å²) in [7, 11) is 1.74. The van der Waals surface area contributed by atoms with E-state index in [0.29, 0.717) is 34.9 Å². The molecule has 0 N–H and O–H groups in total. The van der Waals surface area contributed by atoms with Gasteiger partial charge in [0.05, 0.1) is 17.2 Å². The van der Waals surface area contributed by atoms with Crippen LogP contribution in [0.15, 0.2) is 22.9 Å². The maximum atomic E-state index is 12.7. The largest absolute Gasteiger partial charge is 0.474 e. The molecule has 0 radical (unpaired) electrons. The molecule has 6 nitrogen and oxygen atoms in total. The Morgan fingerprint density at radius 3 is 2.95 bits per heavy atom. The zero-order chi connectivity index (χ0) is 14.3. The molecule has 2 aromatic heterocycles. The minimum Gasteiger partial charge on any atom is -0.474 e. The minimum atomic E-state index is -0.117. The molecule has 0 fully saturated rings. The number of carbonyl (C=O) groups excluding carboxylic acids is 1. The number of aromatic nitrogens is 3. The Morgan fingerprint density at radius 1 is 1.45 bits per heavy atom. The van der Waals surface area contributed by atoms with Gasteiger partial charge in [-0.05, 0) is 34.5 Å². The molecule has 0 aromatic carbocycles. The molecule has 1 aliphatic rings. The van der Waals surface area contributed by atoms with Crippen molar-refractivity contribution in [2.45, 2.75) is 6.92 Å². The molecule has 0 atom stereocenters. The number of carbonyl (C=O) groups is 1. The lowest BCUT2D eigenvalue weighted by Gasteiger charge is -2.28. The summed E-state index contributed by atoms with van der Waals surface area (Å²) in [6, 6.07) is 1.91. The van der Waals surface area contributed by atoms with Crippen LogP contribution in [0.4, 0.5) is 5.69 Å². The van der Waals surface area contributed by atoms with Gasteiger partial charge in [0.25, 0.3) is 5.91 Å². The molecule has 20 heavy (non-hydrogen) atoms. The highest BCUT2D eigenvalue weighted by Gasteiger charge is 2.28. The van der Waals surface area contributed by atoms with Crippen molar-refractivity contribution >= 4 is 27.5 Å². The van der Waals surface area contributed by atoms with Crippen molar-refractivity contribution in [3.63, 3.8) is 0 Å². The number of amides is 1. The number of pyridine rings is 1. The van der Waals surface area contributed by atoms with Crippen LogP contribution in [-0.2, 0) is 7.05 Å². The first-order chi connectivity index (χ1) is 9.58. The van der Waals surface area contributed by atoms with Crippen molar-refractivity contribution in [3.05, 3.63) is 34.2 Å². The Hall–Kier alpha value is -1.89. The van der Waals surface area contributed by atoms with Crippen LogP contribution in [0.3, 0.4) is 0 Å². The van der Waals surface area contributed by atoms with Crippen LogP contribution in [0.5, 0.6) is 5.88 Å². The van der Waals surface area contributed by atoms with E-state index in [4.69, 9.17) is 4.74 Å². The molecule has 0 saturated carbocycles. The standard InChI is InChI=1S/C13H13BrN4O2/c1-8-5-10-12(15-6-8)20-4-3-18(10)13(19)11-9(14)7-16-17(11)2/h5-7H,3-4H2,1-2H3. The lowest BCUT2D eigenvalue weighted by atomic mass is 10.2. The Bertz CT molecular complexity index is 664. The van der Waals surface area contributed by atoms with Gasteiger partial charge in [0.15, 0.2) is 0 Å². The Labute approximate surface area is 124 Å². The van der Waals surface area contributed by atoms with E-state index in [1.807, 2.05) is 13.0 Å². The lowest BCUT2D eigenvalue weighted by molar-refractivity contribution is 0.0966. The molecule has 1 aliphatic heterocycles. The van der Waals surface area contributed by atoms with Gasteiger partial charge in [-0.3, -0.25) is 14.4 Å². The quantitative estimate of drug-likeness (QED) is 0.798. The van der Waals surface area contributed by atoms with Crippen LogP contribution in [0.2, 0.25) is 0 Å². The van der Waals surface area contributed by atoms with E-state index in [1.54, 1.807) is 29.0 Å². The third kappa shape index (κ3) is 2.07. The number of hydrogen-bond donors (Lipinski definition) is 0. The molecule has 3 heterocycles. The van der Waals surface area contributed by atoms with Crippen LogP contribution >= 0.6 is 15.9 Å². The number of rotatable bonds is 1. The topological polar surface area (TPSA) is 60.2 Å². The van der Waals surface area contributed by atoms with Crippen molar-refractivity contribution in [2.24, 2.45) is 7.05 Å². The molecule has 2 aromatic rings. The average molecular weight is 337 g/mol. The monoisotopic (exact) mass is 336 g/mol. The highest BCUT2D eigenvalue weighted by molar-refractivity contribution is 9.10. The van der Waals surface area contributed by atoms with Gasteiger partial charge in [-0.25, -0.2) is 4.98 Å². The SMILES string of the molecule is Cc1cnc2c(c1)N(C(=O)c1c(Br)cnn1C)CCO2. The van der Waals surface area contributed by atoms with Crippen LogP contribution in [0.1, 0.15) is 16.1 Å². The van der Waals surface area contributed by atoms with Gasteiger partial charge < -0.3 is 4.74 Å². The van der Waals surface area contributed by atoms with Crippen molar-refractivity contribution in [1.29, 1.82) is 0 Å². The number of fused-ring (bicyclic) bond motifs is 1. The fourth-order valence-corrected chi connectivity index (χ4v) is 2.71. The van der Waals surface area contributed by atoms with Gasteiger partial charge in [-0.2, -0.15) is 5.10 Å². The number of nitrogens with zero attached hydrogens (tertiary/aromatic N) is 4. The second kappa shape index (κ2) is 4.90. The van der Waals surface area contributed by atoms with Crippen LogP contribution < -0.4 is 9.64 Å². The first-order valence-electron chi connectivity index (χ1n) is 6.16. The average Bonchev–Trinajstić information content (AvgIpc) is 2.77. The molecule has 104 valence electrons. The number of aryl methyl sites for hydroxylation is 2. The van der Waals surface area contributed by atoms with Crippen molar-refractivity contribution in [1.82, 2.24) is 14.8 Å². The Morgan fingerprint density at radius 2 is 2.25 bits per heavy atom. The number of ether oxygens (including phenoxy) is 1. The second-order valence-corrected chi connectivity index (χ2v) is 5.46. The fraction of sp³-hybridized carbons (Fsp3) is 0.308. The molecule has 0 unspecified atom stereocenters. The fourth-order valence-electron chi connectivity index (χ4n) is 2.19. The van der Waals surface area contributed by atoms with Gasteiger partial charge in [-0.15, -0.1) is 0 Å². The molecule has 1 amide bonds. The highest BCUT2D eigenvalue weighted by Crippen LogP contribution is 2.31. The van der Waals surface area contributed by atoms with E-state index in [9.17, 15) is 4.79 Å². The van der Waals surface area contributed by atoms with Gasteiger partial charge in [0, 0.05) is 13.2 Å². The zero-order valence-electron chi connectivity index (χ0n) is 11.1. The predicted octanol–water partition coefficient (Wildman–Crippen LogP) is 1.93. The van der Waals surface area contributed by atoms with E-state index in [2.05, 4.69) is 26.0 Å². The van der Waals surface area contributed by atoms with Crippen molar-refractivity contribution in [3.8, 4) is 5.88 Å². The first-order valence-corrected chi connectivity index (χ1v) is 6.96. The summed E-state index contributed by atoms with van der Waals surface area (Å²) in [6.07, 6.45) is 3.34. The first kappa shape index (κ1) is 13.1. The molecular formula is C13H13BrN4O2. The van der Waals surface area contributed by atoms with Crippen LogP contribution in [-0.4, -0.2) is 33.8 Å². The van der Waals surface area contributed by atoms with Gasteiger partial charge >= 0.3 is 0 Å². The normalized spacial score (nSPS) is 13.8. The highest BCUT2D eigenvalue weighted by atomic mass is 79.9. The van der Waals surface area contributed by atoms with E-state index in [1.165, 1.54) is 0 Å². The summed E-state index contributed by atoms with van der Waals surface area (Å²) in [5.74, 6) is 0.377. The van der Waals surface area contributed by atoms with Crippen LogP contribution in [0.25, 0.3) is 0 Å². The maximum Gasteiger partial charge on any atom is 0.277 e. The summed E-state index contributed by atoms with van der Waals surface area (Å²) in [4.78, 5) is 18.6. The smallest absolute Gasteiger partial charge is 0.277 e. The van der Waals surface area contributed by atoms with Gasteiger partial charge in [0.2, 0.25) is 5.88 Å². The van der Waals surface area contributed by atoms with E-state index >= 15 is 0 Å². The van der Waals surface area contributed by atoms with Gasteiger partial charge in [-0.1, -0.05) is 0 Å². The zero-order valence-corrected chi connectivity index (χ0v) is 12.7. The molecule has 0 saturated heterocycles. The molecule has 0 aliphatic carbocycles. The van der Waals surface area contributed by atoms with Crippen LogP contribution in [0, 0.1) is 6.92 Å². The summed E-state index contributed by atoms with van der Waals surface area (Å²) in [5, 5.41) is 4.08. The molecule has 3 rings (SSSR count). The number of hydrogen-bond acceptors (Lipinski definition) is 4. The Balaban J connectivity index is 2.05. The van der Waals surface area contributed by atoms with E-state index < -0.39 is 0 Å². The van der Waals surface area contributed by atoms with E-state index in [-0.39, 0.29) is 5.91 Å². The number of halogens is 1. The molecule has 7 heteroatoms.